The first-order valence-electron chi connectivity index (χ1n) is 6.19. The van der Waals surface area contributed by atoms with Gasteiger partial charge in [0.15, 0.2) is 0 Å². The van der Waals surface area contributed by atoms with E-state index in [2.05, 4.69) is 19.2 Å². The molecule has 0 aromatic heterocycles. The van der Waals surface area contributed by atoms with Crippen molar-refractivity contribution in [1.29, 1.82) is 0 Å². The van der Waals surface area contributed by atoms with Gasteiger partial charge in [-0.1, -0.05) is 26.2 Å². The second-order valence-electron chi connectivity index (χ2n) is 4.35. The minimum absolute atomic E-state index is 0.463. The lowest BCUT2D eigenvalue weighted by Crippen LogP contribution is -2.44. The monoisotopic (exact) mass is 199 g/mol. The van der Waals surface area contributed by atoms with Crippen LogP contribution in [0.2, 0.25) is 0 Å². The molecule has 2 nitrogen and oxygen atoms in total. The van der Waals surface area contributed by atoms with Crippen LogP contribution in [-0.4, -0.2) is 25.3 Å². The van der Waals surface area contributed by atoms with Gasteiger partial charge in [-0.15, -0.1) is 0 Å². The lowest BCUT2D eigenvalue weighted by Gasteiger charge is -2.29. The van der Waals surface area contributed by atoms with E-state index in [9.17, 15) is 0 Å². The summed E-state index contributed by atoms with van der Waals surface area (Å²) in [7, 11) is 0. The van der Waals surface area contributed by atoms with E-state index < -0.39 is 0 Å². The minimum Gasteiger partial charge on any atom is -0.377 e. The van der Waals surface area contributed by atoms with Gasteiger partial charge in [0.1, 0.15) is 0 Å². The topological polar surface area (TPSA) is 21.3 Å². The Balaban J connectivity index is 1.99. The Morgan fingerprint density at radius 3 is 2.86 bits per heavy atom. The Bertz CT molecular complexity index is 138. The van der Waals surface area contributed by atoms with Crippen molar-refractivity contribution in [3.8, 4) is 0 Å². The molecular formula is C12H25NO. The standard InChI is InChI=1S/C12H25NO/c1-3-4-5-6-10-14-12-8-7-9-13-11(12)2/h11-13H,3-10H2,1-2H3. The molecule has 0 aromatic rings. The van der Waals surface area contributed by atoms with E-state index in [0.29, 0.717) is 12.1 Å². The molecule has 0 aliphatic carbocycles. The van der Waals surface area contributed by atoms with E-state index in [1.807, 2.05) is 0 Å². The number of rotatable bonds is 6. The molecule has 0 spiro atoms. The molecule has 0 amide bonds. The molecule has 14 heavy (non-hydrogen) atoms. The summed E-state index contributed by atoms with van der Waals surface area (Å²) in [5.74, 6) is 0. The van der Waals surface area contributed by atoms with Crippen molar-refractivity contribution in [3.63, 3.8) is 0 Å². The number of piperidine rings is 1. The predicted molar refractivity (Wildman–Crippen MR) is 60.6 cm³/mol. The molecule has 0 bridgehead atoms. The van der Waals surface area contributed by atoms with Crippen LogP contribution in [0.1, 0.15) is 52.4 Å². The Kier molecular flexibility index (Phi) is 6.20. The third-order valence-corrected chi connectivity index (χ3v) is 3.02. The first-order valence-corrected chi connectivity index (χ1v) is 6.19. The molecule has 84 valence electrons. The third-order valence-electron chi connectivity index (χ3n) is 3.02. The highest BCUT2D eigenvalue weighted by Crippen LogP contribution is 2.13. The largest absolute Gasteiger partial charge is 0.377 e. The molecule has 1 saturated heterocycles. The van der Waals surface area contributed by atoms with Crippen LogP contribution in [0.5, 0.6) is 0 Å². The highest BCUT2D eigenvalue weighted by atomic mass is 16.5. The Labute approximate surface area is 88.4 Å². The van der Waals surface area contributed by atoms with Gasteiger partial charge in [-0.3, -0.25) is 0 Å². The van der Waals surface area contributed by atoms with Gasteiger partial charge in [0, 0.05) is 12.6 Å². The molecular weight excluding hydrogens is 174 g/mol. The summed E-state index contributed by atoms with van der Waals surface area (Å²) in [5.41, 5.74) is 0. The molecule has 1 N–H and O–H groups in total. The second-order valence-corrected chi connectivity index (χ2v) is 4.35. The van der Waals surface area contributed by atoms with Gasteiger partial charge in [-0.05, 0) is 32.7 Å². The maximum absolute atomic E-state index is 5.88. The molecule has 2 atom stereocenters. The van der Waals surface area contributed by atoms with Gasteiger partial charge in [0.05, 0.1) is 6.10 Å². The molecule has 0 aromatic carbocycles. The lowest BCUT2D eigenvalue weighted by atomic mass is 10.0. The highest BCUT2D eigenvalue weighted by Gasteiger charge is 2.20. The fourth-order valence-electron chi connectivity index (χ4n) is 2.01. The Hall–Kier alpha value is -0.0800. The van der Waals surface area contributed by atoms with E-state index in [1.165, 1.54) is 38.5 Å². The number of hydrogen-bond acceptors (Lipinski definition) is 2. The molecule has 1 heterocycles. The van der Waals surface area contributed by atoms with E-state index >= 15 is 0 Å². The summed E-state index contributed by atoms with van der Waals surface area (Å²) >= 11 is 0. The Morgan fingerprint density at radius 1 is 1.29 bits per heavy atom. The summed E-state index contributed by atoms with van der Waals surface area (Å²) < 4.78 is 5.88. The summed E-state index contributed by atoms with van der Waals surface area (Å²) in [6, 6.07) is 0.551. The van der Waals surface area contributed by atoms with Crippen LogP contribution in [0.25, 0.3) is 0 Å². The smallest absolute Gasteiger partial charge is 0.0725 e. The van der Waals surface area contributed by atoms with Crippen LogP contribution in [0, 0.1) is 0 Å². The van der Waals surface area contributed by atoms with Crippen LogP contribution in [-0.2, 0) is 4.74 Å². The summed E-state index contributed by atoms with van der Waals surface area (Å²) in [6.07, 6.45) is 8.18. The fourth-order valence-corrected chi connectivity index (χ4v) is 2.01. The quantitative estimate of drug-likeness (QED) is 0.664. The summed E-state index contributed by atoms with van der Waals surface area (Å²) in [5, 5.41) is 3.46. The summed E-state index contributed by atoms with van der Waals surface area (Å²) in [6.45, 7) is 6.59. The van der Waals surface area contributed by atoms with E-state index in [1.54, 1.807) is 0 Å². The third kappa shape index (κ3) is 4.43. The molecule has 0 radical (unpaired) electrons. The van der Waals surface area contributed by atoms with Gasteiger partial charge in [0.2, 0.25) is 0 Å². The number of hydrogen-bond donors (Lipinski definition) is 1. The van der Waals surface area contributed by atoms with Crippen molar-refractivity contribution in [2.24, 2.45) is 0 Å². The van der Waals surface area contributed by atoms with E-state index in [4.69, 9.17) is 4.74 Å². The number of unbranched alkanes of at least 4 members (excludes halogenated alkanes) is 3. The first kappa shape index (κ1) is 12.0. The van der Waals surface area contributed by atoms with Crippen molar-refractivity contribution < 1.29 is 4.74 Å². The number of nitrogens with one attached hydrogen (secondary N) is 1. The van der Waals surface area contributed by atoms with Crippen LogP contribution in [0.4, 0.5) is 0 Å². The molecule has 1 aliphatic rings. The normalized spacial score (nSPS) is 27.9. The average Bonchev–Trinajstić information content (AvgIpc) is 2.20. The lowest BCUT2D eigenvalue weighted by molar-refractivity contribution is 0.0108. The van der Waals surface area contributed by atoms with Gasteiger partial charge in [0.25, 0.3) is 0 Å². The van der Waals surface area contributed by atoms with Gasteiger partial charge in [-0.25, -0.2) is 0 Å². The predicted octanol–water partition coefficient (Wildman–Crippen LogP) is 2.72. The fraction of sp³-hybridized carbons (Fsp3) is 1.00. The zero-order valence-electron chi connectivity index (χ0n) is 9.72. The van der Waals surface area contributed by atoms with Crippen LogP contribution in [0.3, 0.4) is 0 Å². The van der Waals surface area contributed by atoms with Crippen molar-refractivity contribution in [2.45, 2.75) is 64.5 Å². The molecule has 2 heteroatoms. The van der Waals surface area contributed by atoms with Gasteiger partial charge >= 0.3 is 0 Å². The number of ether oxygens (including phenoxy) is 1. The first-order chi connectivity index (χ1) is 6.84. The van der Waals surface area contributed by atoms with Crippen LogP contribution in [0.15, 0.2) is 0 Å². The van der Waals surface area contributed by atoms with E-state index in [0.717, 1.165) is 13.2 Å². The SMILES string of the molecule is CCCCCCOC1CCCNC1C. The highest BCUT2D eigenvalue weighted by molar-refractivity contribution is 4.77. The Morgan fingerprint density at radius 2 is 2.14 bits per heavy atom. The van der Waals surface area contributed by atoms with Crippen molar-refractivity contribution in [1.82, 2.24) is 5.32 Å². The molecule has 1 fully saturated rings. The van der Waals surface area contributed by atoms with Crippen molar-refractivity contribution in [2.75, 3.05) is 13.2 Å². The minimum atomic E-state index is 0.463. The zero-order valence-corrected chi connectivity index (χ0v) is 9.72. The van der Waals surface area contributed by atoms with Crippen molar-refractivity contribution >= 4 is 0 Å². The molecule has 1 rings (SSSR count). The van der Waals surface area contributed by atoms with Gasteiger partial charge < -0.3 is 10.1 Å². The summed E-state index contributed by atoms with van der Waals surface area (Å²) in [4.78, 5) is 0. The van der Waals surface area contributed by atoms with E-state index in [-0.39, 0.29) is 0 Å². The average molecular weight is 199 g/mol. The molecule has 1 aliphatic heterocycles. The van der Waals surface area contributed by atoms with Crippen LogP contribution < -0.4 is 5.32 Å². The molecule has 2 unspecified atom stereocenters. The molecule has 0 saturated carbocycles. The maximum Gasteiger partial charge on any atom is 0.0725 e. The maximum atomic E-state index is 5.88. The zero-order chi connectivity index (χ0) is 10.2. The van der Waals surface area contributed by atoms with Crippen LogP contribution >= 0.6 is 0 Å². The second kappa shape index (κ2) is 7.24. The van der Waals surface area contributed by atoms with Gasteiger partial charge in [-0.2, -0.15) is 0 Å². The van der Waals surface area contributed by atoms with Crippen molar-refractivity contribution in [3.05, 3.63) is 0 Å².